The number of para-hydroxylation sites is 5. The topological polar surface area (TPSA) is 57.4 Å². The first-order chi connectivity index (χ1) is 23.7. The summed E-state index contributed by atoms with van der Waals surface area (Å²) in [4.78, 5) is 0. The lowest BCUT2D eigenvalue weighted by molar-refractivity contribution is 1.16. The van der Waals surface area contributed by atoms with Crippen LogP contribution in [0.3, 0.4) is 0 Å². The van der Waals surface area contributed by atoms with Crippen molar-refractivity contribution in [3.8, 4) is 45.8 Å². The molecule has 0 radical (unpaired) electrons. The molecule has 2 heterocycles. The number of aromatic nitrogens is 2. The molecular weight excluding hydrogens is 585 g/mol. The summed E-state index contributed by atoms with van der Waals surface area (Å²) in [5.74, 6) is 0. The first-order valence-electron chi connectivity index (χ1n) is 15.9. The Balaban J connectivity index is 1.19. The van der Waals surface area contributed by atoms with Gasteiger partial charge in [-0.3, -0.25) is 0 Å². The molecule has 0 aliphatic carbocycles. The molecule has 0 fully saturated rings. The highest BCUT2D eigenvalue weighted by Gasteiger charge is 2.21. The second-order valence-electron chi connectivity index (χ2n) is 12.0. The molecule has 7 aromatic carbocycles. The predicted octanol–water partition coefficient (Wildman–Crippen LogP) is 11.0. The molecule has 9 aromatic rings. The highest BCUT2D eigenvalue weighted by atomic mass is 15.0. The third kappa shape index (κ3) is 4.07. The maximum atomic E-state index is 10.4. The van der Waals surface area contributed by atoms with Crippen LogP contribution in [0.1, 0.15) is 11.1 Å². The normalized spacial score (nSPS) is 11.3. The molecule has 0 aliphatic rings. The first kappa shape index (κ1) is 27.4. The van der Waals surface area contributed by atoms with Crippen LogP contribution in [0.2, 0.25) is 0 Å². The average Bonchev–Trinajstić information content (AvgIpc) is 3.68. The van der Waals surface area contributed by atoms with E-state index >= 15 is 0 Å². The lowest BCUT2D eigenvalue weighted by atomic mass is 9.97. The van der Waals surface area contributed by atoms with Gasteiger partial charge in [0.2, 0.25) is 0 Å². The van der Waals surface area contributed by atoms with Crippen molar-refractivity contribution in [2.75, 3.05) is 0 Å². The van der Waals surface area contributed by atoms with Gasteiger partial charge in [0.05, 0.1) is 38.9 Å². The van der Waals surface area contributed by atoms with Gasteiger partial charge in [0.25, 0.3) is 0 Å². The van der Waals surface area contributed by atoms with Crippen LogP contribution >= 0.6 is 0 Å². The fourth-order valence-corrected chi connectivity index (χ4v) is 7.32. The molecule has 0 amide bonds. The van der Waals surface area contributed by atoms with Crippen molar-refractivity contribution in [3.05, 3.63) is 169 Å². The van der Waals surface area contributed by atoms with Gasteiger partial charge in [0.1, 0.15) is 12.1 Å². The van der Waals surface area contributed by atoms with Crippen molar-refractivity contribution in [2.45, 2.75) is 0 Å². The molecule has 4 heteroatoms. The van der Waals surface area contributed by atoms with Gasteiger partial charge in [-0.15, -0.1) is 0 Å². The van der Waals surface area contributed by atoms with Gasteiger partial charge in [0, 0.05) is 32.8 Å². The highest BCUT2D eigenvalue weighted by molar-refractivity contribution is 6.12. The minimum Gasteiger partial charge on any atom is -0.309 e. The van der Waals surface area contributed by atoms with E-state index in [0.717, 1.165) is 55.4 Å². The van der Waals surface area contributed by atoms with Gasteiger partial charge < -0.3 is 9.13 Å². The van der Waals surface area contributed by atoms with E-state index in [1.165, 1.54) is 21.8 Å². The van der Waals surface area contributed by atoms with Gasteiger partial charge in [-0.25, -0.2) is 0 Å². The zero-order valence-electron chi connectivity index (χ0n) is 25.8. The van der Waals surface area contributed by atoms with E-state index in [0.29, 0.717) is 11.1 Å². The molecule has 0 bridgehead atoms. The minimum absolute atomic E-state index is 0.547. The third-order valence-electron chi connectivity index (χ3n) is 9.41. The van der Waals surface area contributed by atoms with Crippen LogP contribution in [0.25, 0.3) is 77.2 Å². The lowest BCUT2D eigenvalue weighted by Crippen LogP contribution is -2.02. The molecule has 0 aliphatic heterocycles. The fourth-order valence-electron chi connectivity index (χ4n) is 7.32. The van der Waals surface area contributed by atoms with Crippen molar-refractivity contribution in [3.63, 3.8) is 0 Å². The molecule has 48 heavy (non-hydrogen) atoms. The fraction of sp³-hybridized carbons (Fsp3) is 0. The number of nitrogens with zero attached hydrogens (tertiary/aromatic N) is 4. The summed E-state index contributed by atoms with van der Waals surface area (Å²) in [6.45, 7) is 0. The molecule has 9 rings (SSSR count). The molecule has 0 saturated heterocycles. The van der Waals surface area contributed by atoms with Gasteiger partial charge in [-0.2, -0.15) is 10.5 Å². The Morgan fingerprint density at radius 2 is 0.917 bits per heavy atom. The van der Waals surface area contributed by atoms with Gasteiger partial charge >= 0.3 is 0 Å². The molecular formula is C44H26N4. The van der Waals surface area contributed by atoms with Gasteiger partial charge in [-0.1, -0.05) is 115 Å². The van der Waals surface area contributed by atoms with Crippen LogP contribution in [0.5, 0.6) is 0 Å². The molecule has 0 atom stereocenters. The number of hydrogen-bond donors (Lipinski definition) is 0. The Bertz CT molecular complexity index is 2750. The molecule has 0 unspecified atom stereocenters. The Labute approximate surface area is 277 Å². The number of rotatable bonds is 4. The third-order valence-corrected chi connectivity index (χ3v) is 9.41. The van der Waals surface area contributed by atoms with Crippen molar-refractivity contribution >= 4 is 43.6 Å². The lowest BCUT2D eigenvalue weighted by Gasteiger charge is -2.16. The molecule has 4 nitrogen and oxygen atoms in total. The van der Waals surface area contributed by atoms with Crippen LogP contribution in [0.4, 0.5) is 0 Å². The Hall–Kier alpha value is -6.88. The molecule has 0 N–H and O–H groups in total. The summed E-state index contributed by atoms with van der Waals surface area (Å²) in [6.07, 6.45) is 0. The highest BCUT2D eigenvalue weighted by Crippen LogP contribution is 2.40. The van der Waals surface area contributed by atoms with Crippen molar-refractivity contribution < 1.29 is 0 Å². The van der Waals surface area contributed by atoms with Crippen LogP contribution in [-0.2, 0) is 0 Å². The summed E-state index contributed by atoms with van der Waals surface area (Å²) in [7, 11) is 0. The predicted molar refractivity (Wildman–Crippen MR) is 195 cm³/mol. The van der Waals surface area contributed by atoms with Crippen LogP contribution in [0.15, 0.2) is 158 Å². The zero-order valence-corrected chi connectivity index (χ0v) is 25.8. The van der Waals surface area contributed by atoms with Crippen molar-refractivity contribution in [1.82, 2.24) is 9.13 Å². The van der Waals surface area contributed by atoms with E-state index in [4.69, 9.17) is 0 Å². The van der Waals surface area contributed by atoms with E-state index in [1.807, 2.05) is 42.5 Å². The van der Waals surface area contributed by atoms with E-state index in [2.05, 4.69) is 137 Å². The largest absolute Gasteiger partial charge is 0.309 e. The average molecular weight is 611 g/mol. The van der Waals surface area contributed by atoms with E-state index in [1.54, 1.807) is 0 Å². The van der Waals surface area contributed by atoms with Crippen LogP contribution in [0, 0.1) is 22.7 Å². The van der Waals surface area contributed by atoms with Crippen molar-refractivity contribution in [1.29, 1.82) is 10.5 Å². The zero-order chi connectivity index (χ0) is 32.2. The summed E-state index contributed by atoms with van der Waals surface area (Å²) in [5.41, 5.74) is 11.3. The molecule has 2 aromatic heterocycles. The van der Waals surface area contributed by atoms with Gasteiger partial charge in [0.15, 0.2) is 0 Å². The van der Waals surface area contributed by atoms with E-state index < -0.39 is 0 Å². The number of nitriles is 2. The van der Waals surface area contributed by atoms with E-state index in [9.17, 15) is 10.5 Å². The van der Waals surface area contributed by atoms with Crippen LogP contribution in [-0.4, -0.2) is 9.13 Å². The SMILES string of the molecule is N#Cc1cccc(-c2ccc(-c3cccc(-n4c5ccccc5c5ccccc54)c3)cc2)c1-n1c2ccccc2c2cccc(C#N)c21. The van der Waals surface area contributed by atoms with Crippen molar-refractivity contribution in [2.24, 2.45) is 0 Å². The number of fused-ring (bicyclic) bond motifs is 6. The first-order valence-corrected chi connectivity index (χ1v) is 15.9. The molecule has 0 saturated carbocycles. The maximum Gasteiger partial charge on any atom is 0.101 e. The number of hydrogen-bond acceptors (Lipinski definition) is 2. The van der Waals surface area contributed by atoms with E-state index in [-0.39, 0.29) is 0 Å². The summed E-state index contributed by atoms with van der Waals surface area (Å²) in [5, 5.41) is 25.0. The number of benzene rings is 7. The quantitative estimate of drug-likeness (QED) is 0.199. The maximum absolute atomic E-state index is 10.4. The summed E-state index contributed by atoms with van der Waals surface area (Å²) in [6, 6.07) is 59.0. The second kappa shape index (κ2) is 10.9. The second-order valence-corrected chi connectivity index (χ2v) is 12.0. The Morgan fingerprint density at radius 1 is 0.396 bits per heavy atom. The van der Waals surface area contributed by atoms with Crippen LogP contribution < -0.4 is 0 Å². The Morgan fingerprint density at radius 3 is 1.58 bits per heavy atom. The standard InChI is InChI=1S/C44H26N4/c45-27-32-11-8-17-35(43(32)48-42-21-6-3-16-38(42)39-18-9-12-33(28-46)44(39)48)30-24-22-29(23-25-30)31-10-7-13-34(26-31)47-40-19-4-1-14-36(40)37-15-2-5-20-41(37)47/h1-26H. The summed E-state index contributed by atoms with van der Waals surface area (Å²) >= 11 is 0. The molecule has 222 valence electrons. The monoisotopic (exact) mass is 610 g/mol. The Kier molecular flexibility index (Phi) is 6.22. The van der Waals surface area contributed by atoms with Gasteiger partial charge in [-0.05, 0) is 59.2 Å². The summed E-state index contributed by atoms with van der Waals surface area (Å²) < 4.78 is 4.43. The minimum atomic E-state index is 0.547. The molecule has 0 spiro atoms. The smallest absolute Gasteiger partial charge is 0.101 e.